The molecule has 1 aromatic carbocycles. The average Bonchev–Trinajstić information content (AvgIpc) is 3.38. The van der Waals surface area contributed by atoms with E-state index in [4.69, 9.17) is 19.2 Å². The van der Waals surface area contributed by atoms with Crippen molar-refractivity contribution in [3.05, 3.63) is 50.8 Å². The molecule has 0 saturated heterocycles. The number of rotatable bonds is 2. The highest BCUT2D eigenvalue weighted by molar-refractivity contribution is 9.08. The van der Waals surface area contributed by atoms with Crippen LogP contribution in [0.3, 0.4) is 0 Å². The maximum Gasteiger partial charge on any atom is 0.343 e. The first-order valence-corrected chi connectivity index (χ1v) is 11.1. The molecule has 3 aliphatic heterocycles. The van der Waals surface area contributed by atoms with Crippen molar-refractivity contribution in [3.8, 4) is 22.9 Å². The molecule has 1 N–H and O–H groups in total. The van der Waals surface area contributed by atoms with Crippen LogP contribution in [0.4, 0.5) is 0 Å². The van der Waals surface area contributed by atoms with E-state index in [-0.39, 0.29) is 25.4 Å². The first-order valence-electron chi connectivity index (χ1n) is 9.94. The van der Waals surface area contributed by atoms with Gasteiger partial charge in [0.2, 0.25) is 6.79 Å². The number of carbonyl (C=O) groups excluding carboxylic acids is 1. The van der Waals surface area contributed by atoms with Gasteiger partial charge in [0.25, 0.3) is 5.56 Å². The molecular formula is C22H17BrN2O6. The van der Waals surface area contributed by atoms with Crippen molar-refractivity contribution in [3.63, 3.8) is 0 Å². The first-order chi connectivity index (χ1) is 15.0. The van der Waals surface area contributed by atoms with Crippen molar-refractivity contribution in [2.45, 2.75) is 37.4 Å². The standard InChI is InChI=1S/C22H17BrN2O6/c1-2-22(28)14-4-16-19-12(7-25(16)20(26)13(14)8-29-21(22)27)11(6-23)10-3-17-18(31-9-30-17)5-15(10)24-19/h3-5,28H,2,6-9H2,1H3/t22-/m0/s1. The molecule has 2 aromatic heterocycles. The minimum Gasteiger partial charge on any atom is -0.458 e. The highest BCUT2D eigenvalue weighted by Crippen LogP contribution is 2.43. The molecule has 9 heteroatoms. The molecule has 0 unspecified atom stereocenters. The molecule has 0 spiro atoms. The predicted octanol–water partition coefficient (Wildman–Crippen LogP) is 2.70. The Morgan fingerprint density at radius 2 is 1.94 bits per heavy atom. The lowest BCUT2D eigenvalue weighted by molar-refractivity contribution is -0.172. The van der Waals surface area contributed by atoms with Crippen LogP contribution >= 0.6 is 15.9 Å². The second kappa shape index (κ2) is 6.30. The van der Waals surface area contributed by atoms with Gasteiger partial charge < -0.3 is 23.9 Å². The number of alkyl halides is 1. The van der Waals surface area contributed by atoms with Gasteiger partial charge in [-0.3, -0.25) is 4.79 Å². The van der Waals surface area contributed by atoms with Crippen LogP contribution in [-0.2, 0) is 33.6 Å². The number of halogens is 1. The summed E-state index contributed by atoms with van der Waals surface area (Å²) in [5.74, 6) is 0.568. The van der Waals surface area contributed by atoms with E-state index in [0.717, 1.165) is 22.0 Å². The van der Waals surface area contributed by atoms with Gasteiger partial charge >= 0.3 is 5.97 Å². The largest absolute Gasteiger partial charge is 0.458 e. The molecule has 8 nitrogen and oxygen atoms in total. The number of hydrogen-bond acceptors (Lipinski definition) is 7. The van der Waals surface area contributed by atoms with Gasteiger partial charge in [-0.15, -0.1) is 0 Å². The number of esters is 1. The fraction of sp³-hybridized carbons (Fsp3) is 0.318. The quantitative estimate of drug-likeness (QED) is 0.344. The number of benzene rings is 1. The van der Waals surface area contributed by atoms with Crippen LogP contribution < -0.4 is 15.0 Å². The third-order valence-corrected chi connectivity index (χ3v) is 6.99. The Kier molecular flexibility index (Phi) is 3.83. The number of hydrogen-bond donors (Lipinski definition) is 1. The van der Waals surface area contributed by atoms with Crippen molar-refractivity contribution in [1.29, 1.82) is 0 Å². The zero-order valence-electron chi connectivity index (χ0n) is 16.5. The summed E-state index contributed by atoms with van der Waals surface area (Å²) in [6, 6.07) is 5.47. The summed E-state index contributed by atoms with van der Waals surface area (Å²) < 4.78 is 17.8. The van der Waals surface area contributed by atoms with Crippen LogP contribution in [-0.4, -0.2) is 27.4 Å². The van der Waals surface area contributed by atoms with E-state index >= 15 is 0 Å². The minimum absolute atomic E-state index is 0.107. The molecule has 0 saturated carbocycles. The molecule has 0 fully saturated rings. The fourth-order valence-electron chi connectivity index (χ4n) is 4.70. The van der Waals surface area contributed by atoms with Crippen LogP contribution in [0.15, 0.2) is 23.0 Å². The monoisotopic (exact) mass is 484 g/mol. The van der Waals surface area contributed by atoms with Gasteiger partial charge in [-0.1, -0.05) is 22.9 Å². The van der Waals surface area contributed by atoms with E-state index in [9.17, 15) is 14.7 Å². The van der Waals surface area contributed by atoms with Crippen molar-refractivity contribution >= 4 is 32.8 Å². The van der Waals surface area contributed by atoms with Gasteiger partial charge in [0.05, 0.1) is 29.0 Å². The zero-order valence-corrected chi connectivity index (χ0v) is 18.1. The molecule has 0 aliphatic carbocycles. The fourth-order valence-corrected chi connectivity index (χ4v) is 5.35. The summed E-state index contributed by atoms with van der Waals surface area (Å²) in [5.41, 5.74) is 2.42. The number of aromatic nitrogens is 2. The third kappa shape index (κ3) is 2.36. The lowest BCUT2D eigenvalue weighted by atomic mass is 9.86. The molecule has 158 valence electrons. The second-order valence-corrected chi connectivity index (χ2v) is 8.44. The van der Waals surface area contributed by atoms with Gasteiger partial charge in [-0.2, -0.15) is 0 Å². The molecule has 0 amide bonds. The average molecular weight is 485 g/mol. The summed E-state index contributed by atoms with van der Waals surface area (Å²) in [6.07, 6.45) is 0.107. The van der Waals surface area contributed by atoms with E-state index in [2.05, 4.69) is 15.9 Å². The summed E-state index contributed by atoms with van der Waals surface area (Å²) in [5, 5.41) is 12.5. The topological polar surface area (TPSA) is 99.9 Å². The second-order valence-electron chi connectivity index (χ2n) is 7.88. The van der Waals surface area contributed by atoms with Crippen LogP contribution in [0.1, 0.15) is 35.6 Å². The molecular weight excluding hydrogens is 468 g/mol. The van der Waals surface area contributed by atoms with Crippen molar-refractivity contribution < 1.29 is 24.1 Å². The van der Waals surface area contributed by atoms with Gasteiger partial charge in [0.15, 0.2) is 17.1 Å². The van der Waals surface area contributed by atoms with E-state index in [1.54, 1.807) is 17.6 Å². The van der Waals surface area contributed by atoms with Gasteiger partial charge in [-0.05, 0) is 24.1 Å². The normalized spacial score (nSPS) is 20.4. The van der Waals surface area contributed by atoms with Gasteiger partial charge in [0, 0.05) is 27.9 Å². The van der Waals surface area contributed by atoms with Crippen LogP contribution in [0.5, 0.6) is 11.5 Å². The lowest BCUT2D eigenvalue weighted by Gasteiger charge is -2.31. The number of ether oxygens (including phenoxy) is 3. The maximum atomic E-state index is 13.3. The maximum absolute atomic E-state index is 13.3. The zero-order chi connectivity index (χ0) is 21.5. The number of fused-ring (bicyclic) bond motifs is 6. The Balaban J connectivity index is 1.65. The smallest absolute Gasteiger partial charge is 0.343 e. The van der Waals surface area contributed by atoms with Crippen LogP contribution in [0.2, 0.25) is 0 Å². The van der Waals surface area contributed by atoms with E-state index in [0.29, 0.717) is 45.9 Å². The van der Waals surface area contributed by atoms with Gasteiger partial charge in [-0.25, -0.2) is 9.78 Å². The Hall–Kier alpha value is -2.91. The molecule has 3 aliphatic rings. The Bertz CT molecular complexity index is 1380. The van der Waals surface area contributed by atoms with E-state index < -0.39 is 11.6 Å². The van der Waals surface area contributed by atoms with E-state index in [1.165, 1.54) is 0 Å². The van der Waals surface area contributed by atoms with Gasteiger partial charge in [0.1, 0.15) is 6.61 Å². The minimum atomic E-state index is -1.84. The summed E-state index contributed by atoms with van der Waals surface area (Å²) in [7, 11) is 0. The number of cyclic esters (lactones) is 1. The summed E-state index contributed by atoms with van der Waals surface area (Å²) in [6.45, 7) is 2.07. The molecule has 3 aromatic rings. The summed E-state index contributed by atoms with van der Waals surface area (Å²) >= 11 is 3.59. The number of pyridine rings is 2. The van der Waals surface area contributed by atoms with Crippen LogP contribution in [0.25, 0.3) is 22.3 Å². The van der Waals surface area contributed by atoms with Crippen molar-refractivity contribution in [2.24, 2.45) is 0 Å². The van der Waals surface area contributed by atoms with E-state index in [1.807, 2.05) is 12.1 Å². The SMILES string of the molecule is CC[C@@]1(O)C(=O)OCc2c1cc1n(c2=O)Cc2c-1nc1cc3c(cc1c2CBr)OCO3. The first kappa shape index (κ1) is 18.8. The molecule has 0 radical (unpaired) electrons. The molecule has 1 atom stereocenters. The Labute approximate surface area is 184 Å². The Morgan fingerprint density at radius 3 is 2.68 bits per heavy atom. The van der Waals surface area contributed by atoms with Crippen LogP contribution in [0, 0.1) is 0 Å². The summed E-state index contributed by atoms with van der Waals surface area (Å²) in [4.78, 5) is 30.5. The lowest BCUT2D eigenvalue weighted by Crippen LogP contribution is -2.44. The highest BCUT2D eigenvalue weighted by Gasteiger charge is 2.45. The molecule has 31 heavy (non-hydrogen) atoms. The highest BCUT2D eigenvalue weighted by atomic mass is 79.9. The molecule has 5 heterocycles. The number of aliphatic hydroxyl groups is 1. The number of nitrogens with zero attached hydrogens (tertiary/aromatic N) is 2. The molecule has 6 rings (SSSR count). The van der Waals surface area contributed by atoms with Crippen molar-refractivity contribution in [2.75, 3.05) is 6.79 Å². The Morgan fingerprint density at radius 1 is 1.16 bits per heavy atom. The molecule has 0 bridgehead atoms. The third-order valence-electron chi connectivity index (χ3n) is 6.43. The predicted molar refractivity (Wildman–Crippen MR) is 113 cm³/mol. The number of carbonyl (C=O) groups is 1. The van der Waals surface area contributed by atoms with Crippen molar-refractivity contribution in [1.82, 2.24) is 9.55 Å².